The van der Waals surface area contributed by atoms with Gasteiger partial charge < -0.3 is 4.42 Å². The van der Waals surface area contributed by atoms with Gasteiger partial charge in [-0.15, -0.1) is 22.7 Å². The summed E-state index contributed by atoms with van der Waals surface area (Å²) in [4.78, 5) is 0. The molecule has 0 spiro atoms. The molecule has 0 aliphatic carbocycles. The number of fused-ring (bicyclic) bond motifs is 9. The van der Waals surface area contributed by atoms with E-state index >= 15 is 0 Å². The summed E-state index contributed by atoms with van der Waals surface area (Å²) in [7, 11) is 0. The van der Waals surface area contributed by atoms with Crippen LogP contribution in [0, 0.1) is 0 Å². The normalized spacial score (nSPS) is 18.2. The van der Waals surface area contributed by atoms with Crippen molar-refractivity contribution in [3.8, 4) is 11.1 Å². The number of hydrogen-bond acceptors (Lipinski definition) is 6. The molecule has 3 N–H and O–H groups in total. The molecule has 10 aromatic rings. The molecule has 3 aromatic heterocycles. The highest BCUT2D eigenvalue weighted by Gasteiger charge is 2.30. The number of para-hydroxylation sites is 1. The Labute approximate surface area is 302 Å². The van der Waals surface area contributed by atoms with Crippen molar-refractivity contribution in [2.45, 2.75) is 18.5 Å². The second-order valence-electron chi connectivity index (χ2n) is 13.4. The topological polar surface area (TPSA) is 49.2 Å². The van der Waals surface area contributed by atoms with Gasteiger partial charge in [0.25, 0.3) is 0 Å². The zero-order chi connectivity index (χ0) is 33.5. The third kappa shape index (κ3) is 4.76. The minimum Gasteiger partial charge on any atom is -0.455 e. The lowest BCUT2D eigenvalue weighted by atomic mass is 9.99. The van der Waals surface area contributed by atoms with Crippen LogP contribution in [0.15, 0.2) is 156 Å². The van der Waals surface area contributed by atoms with Crippen molar-refractivity contribution in [2.75, 3.05) is 0 Å². The van der Waals surface area contributed by atoms with Crippen molar-refractivity contribution in [3.05, 3.63) is 168 Å². The first-order valence-electron chi connectivity index (χ1n) is 17.4. The summed E-state index contributed by atoms with van der Waals surface area (Å²) < 4.78 is 11.9. The Morgan fingerprint density at radius 2 is 0.980 bits per heavy atom. The number of rotatable bonds is 4. The van der Waals surface area contributed by atoms with E-state index in [4.69, 9.17) is 4.42 Å². The molecule has 0 bridgehead atoms. The standard InChI is InChI=1S/C45H31N3OS2/c1-2-10-26(11-3-1)43-46-44(48-45(47-43)28-20-22-31-29-12-4-6-18-38(29)50-40(31)25-28)27-21-23-37-36(24-27)33-15-8-14-32(41(33)49-37)35-17-9-16-34-30-13-5-7-19-39(30)51-42(34)35/h1-25,43-48H. The van der Waals surface area contributed by atoms with Gasteiger partial charge in [-0.3, -0.25) is 16.0 Å². The molecule has 3 atom stereocenters. The average molecular weight is 694 g/mol. The Kier molecular flexibility index (Phi) is 6.69. The Balaban J connectivity index is 1.01. The van der Waals surface area contributed by atoms with Crippen molar-refractivity contribution < 1.29 is 4.42 Å². The van der Waals surface area contributed by atoms with E-state index < -0.39 is 0 Å². The van der Waals surface area contributed by atoms with Crippen LogP contribution in [0.4, 0.5) is 0 Å². The predicted octanol–water partition coefficient (Wildman–Crippen LogP) is 12.2. The maximum atomic E-state index is 6.70. The van der Waals surface area contributed by atoms with Gasteiger partial charge in [-0.2, -0.15) is 0 Å². The molecular formula is C45H31N3OS2. The van der Waals surface area contributed by atoms with Crippen LogP contribution < -0.4 is 16.0 Å². The number of furan rings is 1. The summed E-state index contributed by atoms with van der Waals surface area (Å²) in [5, 5.41) is 19.1. The third-order valence-electron chi connectivity index (χ3n) is 10.4. The molecule has 6 heteroatoms. The summed E-state index contributed by atoms with van der Waals surface area (Å²) >= 11 is 3.71. The molecule has 1 saturated heterocycles. The van der Waals surface area contributed by atoms with E-state index in [0.717, 1.165) is 33.1 Å². The number of nitrogens with one attached hydrogen (secondary N) is 3. The molecule has 4 heterocycles. The Hall–Kier alpha value is -5.34. The molecule has 0 radical (unpaired) electrons. The fraction of sp³-hybridized carbons (Fsp3) is 0.0667. The summed E-state index contributed by atoms with van der Waals surface area (Å²) in [5.41, 5.74) is 7.74. The maximum absolute atomic E-state index is 6.70. The molecule has 1 aliphatic rings. The van der Waals surface area contributed by atoms with Crippen molar-refractivity contribution >= 4 is 85.0 Å². The molecule has 11 rings (SSSR count). The minimum atomic E-state index is -0.107. The monoisotopic (exact) mass is 693 g/mol. The van der Waals surface area contributed by atoms with Gasteiger partial charge in [-0.25, -0.2) is 0 Å². The van der Waals surface area contributed by atoms with Gasteiger partial charge in [0.1, 0.15) is 11.2 Å². The molecule has 244 valence electrons. The highest BCUT2D eigenvalue weighted by molar-refractivity contribution is 7.26. The first-order chi connectivity index (χ1) is 25.2. The molecule has 51 heavy (non-hydrogen) atoms. The van der Waals surface area contributed by atoms with E-state index in [-0.39, 0.29) is 18.5 Å². The zero-order valence-electron chi connectivity index (χ0n) is 27.4. The smallest absolute Gasteiger partial charge is 0.143 e. The molecule has 4 nitrogen and oxygen atoms in total. The fourth-order valence-corrected chi connectivity index (χ4v) is 10.3. The summed E-state index contributed by atoms with van der Waals surface area (Å²) in [5.74, 6) is 0. The quantitative estimate of drug-likeness (QED) is 0.172. The van der Waals surface area contributed by atoms with Crippen molar-refractivity contribution in [1.82, 2.24) is 16.0 Å². The van der Waals surface area contributed by atoms with Crippen LogP contribution in [0.3, 0.4) is 0 Å². The number of benzene rings is 7. The summed E-state index contributed by atoms with van der Waals surface area (Å²) in [6.07, 6.45) is -0.226. The third-order valence-corrected chi connectivity index (χ3v) is 12.8. The summed E-state index contributed by atoms with van der Waals surface area (Å²) in [6, 6.07) is 54.7. The SMILES string of the molecule is c1ccc(C2NC(c3ccc4c(c3)sc3ccccc34)NC(c3ccc4oc5c(-c6cccc7c6sc6ccccc67)cccc5c4c3)N2)cc1. The molecule has 0 saturated carbocycles. The van der Waals surface area contributed by atoms with Crippen molar-refractivity contribution in [2.24, 2.45) is 0 Å². The lowest BCUT2D eigenvalue weighted by Gasteiger charge is -2.39. The Morgan fingerprint density at radius 1 is 0.392 bits per heavy atom. The van der Waals surface area contributed by atoms with E-state index in [1.165, 1.54) is 57.0 Å². The van der Waals surface area contributed by atoms with Crippen molar-refractivity contribution in [3.63, 3.8) is 0 Å². The molecular weight excluding hydrogens is 663 g/mol. The number of hydrogen-bond donors (Lipinski definition) is 3. The zero-order valence-corrected chi connectivity index (χ0v) is 29.0. The molecule has 0 amide bonds. The van der Waals surface area contributed by atoms with Crippen LogP contribution in [0.5, 0.6) is 0 Å². The van der Waals surface area contributed by atoms with E-state index in [1.807, 2.05) is 22.7 Å². The minimum absolute atomic E-state index is 0.0502. The van der Waals surface area contributed by atoms with E-state index in [2.05, 4.69) is 168 Å². The van der Waals surface area contributed by atoms with Gasteiger partial charge in [0.2, 0.25) is 0 Å². The summed E-state index contributed by atoms with van der Waals surface area (Å²) in [6.45, 7) is 0. The van der Waals surface area contributed by atoms with Crippen LogP contribution in [0.1, 0.15) is 35.2 Å². The highest BCUT2D eigenvalue weighted by atomic mass is 32.1. The lowest BCUT2D eigenvalue weighted by Crippen LogP contribution is -2.54. The highest BCUT2D eigenvalue weighted by Crippen LogP contribution is 2.44. The Bertz CT molecular complexity index is 2940. The van der Waals surface area contributed by atoms with Crippen LogP contribution in [-0.2, 0) is 0 Å². The molecule has 3 unspecified atom stereocenters. The van der Waals surface area contributed by atoms with Crippen LogP contribution in [0.25, 0.3) is 73.4 Å². The molecule has 7 aromatic carbocycles. The fourth-order valence-electron chi connectivity index (χ4n) is 7.96. The lowest BCUT2D eigenvalue weighted by molar-refractivity contribution is 0.203. The van der Waals surface area contributed by atoms with E-state index in [9.17, 15) is 0 Å². The average Bonchev–Trinajstić information content (AvgIpc) is 3.89. The van der Waals surface area contributed by atoms with E-state index in [1.54, 1.807) is 0 Å². The van der Waals surface area contributed by atoms with Crippen molar-refractivity contribution in [1.29, 1.82) is 0 Å². The first-order valence-corrected chi connectivity index (χ1v) is 19.0. The predicted molar refractivity (Wildman–Crippen MR) is 215 cm³/mol. The van der Waals surface area contributed by atoms with Crippen LogP contribution in [-0.4, -0.2) is 0 Å². The van der Waals surface area contributed by atoms with Gasteiger partial charge >= 0.3 is 0 Å². The second kappa shape index (κ2) is 11.6. The first kappa shape index (κ1) is 29.4. The molecule has 1 fully saturated rings. The molecule has 1 aliphatic heterocycles. The maximum Gasteiger partial charge on any atom is 0.143 e. The number of thiophene rings is 2. The van der Waals surface area contributed by atoms with Gasteiger partial charge in [0.15, 0.2) is 0 Å². The van der Waals surface area contributed by atoms with Crippen LogP contribution >= 0.6 is 22.7 Å². The Morgan fingerprint density at radius 3 is 1.78 bits per heavy atom. The van der Waals surface area contributed by atoms with Crippen LogP contribution in [0.2, 0.25) is 0 Å². The van der Waals surface area contributed by atoms with Gasteiger partial charge in [-0.1, -0.05) is 121 Å². The van der Waals surface area contributed by atoms with Gasteiger partial charge in [0.05, 0.1) is 18.5 Å². The van der Waals surface area contributed by atoms with Gasteiger partial charge in [0, 0.05) is 62.2 Å². The van der Waals surface area contributed by atoms with E-state index in [0.29, 0.717) is 0 Å². The van der Waals surface area contributed by atoms with Gasteiger partial charge in [-0.05, 0) is 47.0 Å². The second-order valence-corrected chi connectivity index (χ2v) is 15.5. The largest absolute Gasteiger partial charge is 0.455 e.